The Morgan fingerprint density at radius 3 is 1.17 bits per heavy atom. The lowest BCUT2D eigenvalue weighted by Crippen LogP contribution is -2.36. The highest BCUT2D eigenvalue weighted by Crippen LogP contribution is 2.50. The monoisotopic (exact) mass is 1910 g/mol. The Morgan fingerprint density at radius 2 is 0.761 bits per heavy atom. The third-order valence-corrected chi connectivity index (χ3v) is 25.5. The SMILES string of the molecule is COCOc1ccc(C(=O)Cc2ccc3nc(C(=O)N4C[C@@H](CCl)c5c4cc(C)c4cccc(C)c54)cn3c2)cc1.COCOc1ccc(C(=O)Cc2ccc3nc(C(=O)N4C[C@@H](CCl)c5c4cc(O)c4cccc(C)c54)cn3c2)cc1.COCOc1ccc(C(=O)Cc2ccc3nc(C(=O)O)cn3c2)cc1.Cc1cccc2c(OCc3ccccc3)cc3c(c12)[C@H](CCl)CN3C(=O)OC(C)(C)C. The van der Waals surface area contributed by atoms with E-state index in [0.29, 0.717) is 106 Å². The first-order chi connectivity index (χ1) is 66.6. The van der Waals surface area contributed by atoms with Gasteiger partial charge in [-0.25, -0.2) is 24.5 Å². The number of aromatic hydroxyl groups is 1. The number of carbonyl (C=O) groups is 7. The number of halogens is 3. The van der Waals surface area contributed by atoms with Gasteiger partial charge in [0.2, 0.25) is 0 Å². The number of ether oxygens (including phenoxy) is 8. The summed E-state index contributed by atoms with van der Waals surface area (Å²) in [5.41, 5.74) is 17.0. The standard InChI is InChI=1S/C33H30ClN3O4.C32H28ClN3O5.C26H28ClNO3.C18H16N2O5/c1-20-5-4-6-26-21(2)13-28-32(31(20)26)24(15-34)17-37(28)33(39)27-18-36-16-22(7-12-30(36)35-27)14-29(38)23-8-10-25(11-9-23)41-19-40-3;1-19-4-3-5-24-28(38)13-26-31(30(19)24)22(14-33)16-36(26)32(39)25-17-35-15-20(6-11-29(35)34-25)12-27(37)21-7-9-23(10-8-21)41-18-40-2;1-17-9-8-12-20-22(30-16-18-10-6-5-7-11-18)13-21-24(23(17)20)19(14-27)15-28(21)25(29)31-26(2,3)4;1-24-11-25-14-5-3-13(4-6-14)16(21)8-12-2-7-17-19-15(18(22)23)10-20(17)9-12/h4-13,16,18,24H,14-15,17,19H2,1-3H3;3-11,13,15,17,22,38H,12,14,16,18H2,1-2H3;5-13,19H,14-16H2,1-4H3;2-7,9-10H,8,11H2,1H3,(H,22,23)/t24-;22-;19-;/m111./s1. The molecule has 0 saturated heterocycles. The molecule has 6 aromatic heterocycles. The molecule has 0 spiro atoms. The highest BCUT2D eigenvalue weighted by Gasteiger charge is 2.41. The number of Topliss-reactive ketones (excluding diaryl/α,β-unsaturated/α-hetero) is 3. The zero-order chi connectivity index (χ0) is 97.3. The predicted octanol–water partition coefficient (Wildman–Crippen LogP) is 21.6. The number of benzene rings is 10. The van der Waals surface area contributed by atoms with Crippen LogP contribution < -0.4 is 33.6 Å². The van der Waals surface area contributed by atoms with E-state index in [1.54, 1.807) is 148 Å². The second-order valence-corrected chi connectivity index (χ2v) is 36.0. The summed E-state index contributed by atoms with van der Waals surface area (Å²) in [4.78, 5) is 108. The number of rotatable bonds is 27. The van der Waals surface area contributed by atoms with Crippen LogP contribution in [0.5, 0.6) is 28.7 Å². The second-order valence-electron chi connectivity index (χ2n) is 35.1. The summed E-state index contributed by atoms with van der Waals surface area (Å²) in [7, 11) is 4.64. The molecule has 19 rings (SSSR count). The van der Waals surface area contributed by atoms with E-state index >= 15 is 0 Å². The molecule has 16 aromatic rings. The Bertz CT molecular complexity index is 7040. The highest BCUT2D eigenvalue weighted by molar-refractivity contribution is 6.21. The van der Waals surface area contributed by atoms with Crippen molar-refractivity contribution in [1.29, 1.82) is 0 Å². The number of hydrogen-bond donors (Lipinski definition) is 2. The van der Waals surface area contributed by atoms with Gasteiger partial charge < -0.3 is 71.1 Å². The number of pyridine rings is 3. The Balaban J connectivity index is 0.000000135. The Morgan fingerprint density at radius 1 is 0.391 bits per heavy atom. The van der Waals surface area contributed by atoms with Gasteiger partial charge in [0, 0.05) is 178 Å². The van der Waals surface area contributed by atoms with Gasteiger partial charge in [0.1, 0.15) is 69.3 Å². The quantitative estimate of drug-likeness (QED) is 0.0275. The Hall–Kier alpha value is -14.5. The molecule has 138 heavy (non-hydrogen) atoms. The molecule has 706 valence electrons. The van der Waals surface area contributed by atoms with Crippen molar-refractivity contribution in [3.05, 3.63) is 344 Å². The molecule has 10 aromatic carbocycles. The number of alkyl halides is 3. The molecule has 3 atom stereocenters. The van der Waals surface area contributed by atoms with Crippen LogP contribution in [0.2, 0.25) is 0 Å². The first-order valence-corrected chi connectivity index (χ1v) is 46.4. The first-order valence-electron chi connectivity index (χ1n) is 44.8. The number of ketones is 3. The van der Waals surface area contributed by atoms with Crippen LogP contribution in [-0.4, -0.2) is 164 Å². The number of carbonyl (C=O) groups excluding carboxylic acids is 6. The third-order valence-electron chi connectivity index (χ3n) is 24.4. The molecule has 3 amide bonds. The summed E-state index contributed by atoms with van der Waals surface area (Å²) in [6, 6.07) is 65.6. The number of phenols is 1. The minimum Gasteiger partial charge on any atom is -0.507 e. The first kappa shape index (κ1) is 96.6. The van der Waals surface area contributed by atoms with Crippen molar-refractivity contribution in [3.63, 3.8) is 0 Å². The number of methoxy groups -OCH3 is 3. The summed E-state index contributed by atoms with van der Waals surface area (Å²) >= 11 is 19.2. The summed E-state index contributed by atoms with van der Waals surface area (Å²) < 4.78 is 47.8. The molecule has 26 nitrogen and oxygen atoms in total. The average molecular weight is 1920 g/mol. The maximum Gasteiger partial charge on any atom is 0.414 e. The van der Waals surface area contributed by atoms with Gasteiger partial charge in [-0.05, 0) is 228 Å². The van der Waals surface area contributed by atoms with E-state index in [4.69, 9.17) is 77.8 Å². The number of hydrogen-bond acceptors (Lipinski definition) is 19. The van der Waals surface area contributed by atoms with E-state index in [1.807, 2.05) is 128 Å². The number of fused-ring (bicyclic) bond motifs is 12. The number of aromatic nitrogens is 6. The molecule has 0 fully saturated rings. The van der Waals surface area contributed by atoms with Crippen LogP contribution in [0.25, 0.3) is 49.3 Å². The lowest BCUT2D eigenvalue weighted by atomic mass is 9.91. The number of anilines is 3. The van der Waals surface area contributed by atoms with Crippen molar-refractivity contribution < 1.29 is 81.7 Å². The van der Waals surface area contributed by atoms with E-state index in [2.05, 4.69) is 72.1 Å². The van der Waals surface area contributed by atoms with Crippen molar-refractivity contribution in [1.82, 2.24) is 28.2 Å². The molecular weight excluding hydrogens is 1810 g/mol. The third kappa shape index (κ3) is 21.2. The van der Waals surface area contributed by atoms with Crippen LogP contribution >= 0.6 is 34.8 Å². The van der Waals surface area contributed by atoms with E-state index in [0.717, 1.165) is 94.3 Å². The smallest absolute Gasteiger partial charge is 0.414 e. The number of phenolic OH excluding ortho intramolecular Hbond substituents is 1. The van der Waals surface area contributed by atoms with Crippen molar-refractivity contribution >= 4 is 142 Å². The number of nitrogens with zero attached hydrogens (tertiary/aromatic N) is 9. The fourth-order valence-electron chi connectivity index (χ4n) is 17.8. The van der Waals surface area contributed by atoms with Crippen LogP contribution in [-0.2, 0) is 44.8 Å². The molecule has 0 bridgehead atoms. The van der Waals surface area contributed by atoms with E-state index in [-0.39, 0.29) is 110 Å². The molecule has 9 heterocycles. The van der Waals surface area contributed by atoms with Gasteiger partial charge in [0.25, 0.3) is 11.8 Å². The molecule has 29 heteroatoms. The van der Waals surface area contributed by atoms with Gasteiger partial charge >= 0.3 is 12.1 Å². The zero-order valence-corrected chi connectivity index (χ0v) is 80.0. The number of aryl methyl sites for hydroxylation is 4. The number of imidazole rings is 3. The summed E-state index contributed by atoms with van der Waals surface area (Å²) in [6.45, 7) is 16.2. The second kappa shape index (κ2) is 42.4. The van der Waals surface area contributed by atoms with E-state index in [1.165, 1.54) is 29.6 Å². The van der Waals surface area contributed by atoms with Crippen molar-refractivity contribution in [3.8, 4) is 28.7 Å². The number of aromatic carboxylic acids is 1. The average Bonchev–Trinajstić information content (AvgIpc) is 1.58. The van der Waals surface area contributed by atoms with Crippen molar-refractivity contribution in [2.24, 2.45) is 0 Å². The molecular formula is C109H102Cl3N9O17. The van der Waals surface area contributed by atoms with Gasteiger partial charge in [0.15, 0.2) is 43.4 Å². The minimum atomic E-state index is -1.09. The topological polar surface area (TPSA) is 295 Å². The lowest BCUT2D eigenvalue weighted by molar-refractivity contribution is 0.0509. The largest absolute Gasteiger partial charge is 0.507 e. The zero-order valence-electron chi connectivity index (χ0n) is 77.8. The number of amides is 3. The number of carboxylic acids is 1. The maximum absolute atomic E-state index is 13.8. The molecule has 0 radical (unpaired) electrons. The molecule has 0 aliphatic carbocycles. The van der Waals surface area contributed by atoms with Crippen LogP contribution in [0, 0.1) is 27.7 Å². The molecule has 0 unspecified atom stereocenters. The van der Waals surface area contributed by atoms with E-state index in [9.17, 15) is 38.7 Å². The van der Waals surface area contributed by atoms with E-state index < -0.39 is 11.6 Å². The van der Waals surface area contributed by atoms with Crippen molar-refractivity contribution in [2.75, 3.05) is 93.7 Å². The van der Waals surface area contributed by atoms with Crippen LogP contribution in [0.1, 0.15) is 162 Å². The summed E-state index contributed by atoms with van der Waals surface area (Å²) in [6.07, 6.45) is 10.5. The van der Waals surface area contributed by atoms with Gasteiger partial charge in [-0.15, -0.1) is 34.8 Å². The Kier molecular flexibility index (Phi) is 29.7. The van der Waals surface area contributed by atoms with Gasteiger partial charge in [0.05, 0.1) is 11.4 Å². The number of carboxylic acid groups (broad SMARTS) is 1. The van der Waals surface area contributed by atoms with Gasteiger partial charge in [-0.2, -0.15) is 0 Å². The van der Waals surface area contributed by atoms with Crippen LogP contribution in [0.15, 0.2) is 250 Å². The molecule has 2 N–H and O–H groups in total. The lowest BCUT2D eigenvalue weighted by Gasteiger charge is -2.25. The van der Waals surface area contributed by atoms with Crippen LogP contribution in [0.3, 0.4) is 0 Å². The highest BCUT2D eigenvalue weighted by atomic mass is 35.5. The normalized spacial score (nSPS) is 14.1. The Labute approximate surface area is 811 Å². The van der Waals surface area contributed by atoms with Gasteiger partial charge in [-0.3, -0.25) is 28.9 Å². The summed E-state index contributed by atoms with van der Waals surface area (Å²) in [5.74, 6) is 2.33. The summed E-state index contributed by atoms with van der Waals surface area (Å²) in [5, 5.41) is 26.0. The minimum absolute atomic E-state index is 0.0160. The molecule has 3 aliphatic heterocycles. The van der Waals surface area contributed by atoms with Gasteiger partial charge in [-0.1, -0.05) is 103 Å². The molecule has 0 saturated carbocycles. The fraction of sp³-hybridized carbons (Fsp3) is 0.248. The predicted molar refractivity (Wildman–Crippen MR) is 534 cm³/mol. The van der Waals surface area contributed by atoms with Crippen molar-refractivity contribution in [2.45, 2.75) is 97.7 Å². The maximum atomic E-state index is 13.8. The van der Waals surface area contributed by atoms with Crippen LogP contribution in [0.4, 0.5) is 21.9 Å². The fourth-order valence-corrected chi connectivity index (χ4v) is 18.6. The molecule has 3 aliphatic rings.